The quantitative estimate of drug-likeness (QED) is 0.331. The van der Waals surface area contributed by atoms with Crippen molar-refractivity contribution < 1.29 is 17.3 Å². The molecule has 6 nitrogen and oxygen atoms in total. The highest BCUT2D eigenvalue weighted by Gasteiger charge is 2.44. The van der Waals surface area contributed by atoms with Crippen LogP contribution < -0.4 is 4.74 Å². The summed E-state index contributed by atoms with van der Waals surface area (Å²) in [6.45, 7) is 5.82. The largest absolute Gasteiger partial charge is 0.497 e. The van der Waals surface area contributed by atoms with Crippen LogP contribution in [0.2, 0.25) is 0 Å². The van der Waals surface area contributed by atoms with Crippen LogP contribution in [-0.4, -0.2) is 44.5 Å². The highest BCUT2D eigenvalue weighted by molar-refractivity contribution is 14.2. The summed E-state index contributed by atoms with van der Waals surface area (Å²) < 4.78 is 35.3. The van der Waals surface area contributed by atoms with Gasteiger partial charge < -0.3 is 4.74 Å². The summed E-state index contributed by atoms with van der Waals surface area (Å²) in [4.78, 5) is 6.78. The second kappa shape index (κ2) is 7.89. The Balaban J connectivity index is 1.80. The van der Waals surface area contributed by atoms with Crippen molar-refractivity contribution in [1.29, 1.82) is 0 Å². The minimum Gasteiger partial charge on any atom is -0.497 e. The number of aromatic nitrogens is 1. The topological polar surface area (TPSA) is 68.7 Å². The Morgan fingerprint density at radius 3 is 2.86 bits per heavy atom. The number of halogens is 1. The Kier molecular flexibility index (Phi) is 5.65. The van der Waals surface area contributed by atoms with Gasteiger partial charge >= 0.3 is 7.29 Å². The average Bonchev–Trinajstić information content (AvgIpc) is 2.70. The van der Waals surface area contributed by atoms with Gasteiger partial charge in [0, 0.05) is 24.2 Å². The van der Waals surface area contributed by atoms with E-state index in [2.05, 4.69) is 16.5 Å². The number of hydrogen-bond acceptors (Lipinski definition) is 6. The molecule has 1 aromatic carbocycles. The maximum atomic E-state index is 12.1. The van der Waals surface area contributed by atoms with Crippen LogP contribution in [0.3, 0.4) is 0 Å². The maximum Gasteiger partial charge on any atom is 0.322 e. The zero-order valence-electron chi connectivity index (χ0n) is 15.6. The fourth-order valence-electron chi connectivity index (χ4n) is 4.66. The molecule has 3 aliphatic heterocycles. The third kappa shape index (κ3) is 3.92. The van der Waals surface area contributed by atoms with E-state index in [-0.39, 0.29) is 6.04 Å². The molecule has 1 aromatic heterocycles. The summed E-state index contributed by atoms with van der Waals surface area (Å²) in [5, 5.41) is 0.856. The van der Waals surface area contributed by atoms with Gasteiger partial charge in [0.1, 0.15) is 33.1 Å². The molecule has 0 saturated carbocycles. The number of pyridine rings is 1. The predicted octanol–water partition coefficient (Wildman–Crippen LogP) is 3.88. The van der Waals surface area contributed by atoms with Gasteiger partial charge in [-0.3, -0.25) is 14.1 Å². The first-order chi connectivity index (χ1) is 13.4. The molecular formula is C20H23IN2O4S. The standard InChI is InChI=1S/C20H23IN2O4S/c1-3-13-12-23-9-7-14(13)10-19(23)20(27-28(21,24)25)16-6-8-22-18-5-4-15(26-2)11-17(16)18/h3-6,8,11,13-14,19-20H,1,7,9-10,12H2,2H3/t13-,14-,19-,20+/m0/s1. The lowest BCUT2D eigenvalue weighted by molar-refractivity contribution is -0.0328. The molecule has 2 aromatic rings. The number of nitrogens with zero attached hydrogens (tertiary/aromatic N) is 2. The number of benzene rings is 1. The van der Waals surface area contributed by atoms with Gasteiger partial charge in [0.15, 0.2) is 0 Å². The summed E-state index contributed by atoms with van der Waals surface area (Å²) >= 11 is 1.37. The zero-order chi connectivity index (χ0) is 19.9. The number of methoxy groups -OCH3 is 1. The van der Waals surface area contributed by atoms with Crippen LogP contribution in [0.4, 0.5) is 0 Å². The van der Waals surface area contributed by atoms with Crippen LogP contribution in [0, 0.1) is 11.8 Å². The molecule has 2 bridgehead atoms. The SMILES string of the molecule is C=C[C@H]1CN2CC[C@H]1C[C@H]2[C@H](OS(=O)(=O)I)c1ccnc2ccc(OC)cc12. The van der Waals surface area contributed by atoms with E-state index in [9.17, 15) is 8.42 Å². The van der Waals surface area contributed by atoms with Crippen LogP contribution in [0.15, 0.2) is 43.1 Å². The lowest BCUT2D eigenvalue weighted by atomic mass is 9.73. The first-order valence-electron chi connectivity index (χ1n) is 9.31. The third-order valence-electron chi connectivity index (χ3n) is 6.01. The van der Waals surface area contributed by atoms with Crippen LogP contribution in [0.5, 0.6) is 5.75 Å². The van der Waals surface area contributed by atoms with Crippen molar-refractivity contribution in [2.24, 2.45) is 11.8 Å². The lowest BCUT2D eigenvalue weighted by Gasteiger charge is -2.51. The minimum atomic E-state index is -3.67. The van der Waals surface area contributed by atoms with Crippen molar-refractivity contribution in [2.75, 3.05) is 20.2 Å². The van der Waals surface area contributed by atoms with Crippen LogP contribution in [0.25, 0.3) is 10.9 Å². The van der Waals surface area contributed by atoms with Crippen LogP contribution in [-0.2, 0) is 11.5 Å². The second-order valence-electron chi connectivity index (χ2n) is 7.44. The lowest BCUT2D eigenvalue weighted by Crippen LogP contribution is -2.55. The number of hydrogen-bond donors (Lipinski definition) is 0. The van der Waals surface area contributed by atoms with E-state index in [1.54, 1.807) is 13.3 Å². The van der Waals surface area contributed by atoms with Gasteiger partial charge in [-0.1, -0.05) is 6.08 Å². The molecule has 0 radical (unpaired) electrons. The molecule has 28 heavy (non-hydrogen) atoms. The predicted molar refractivity (Wildman–Crippen MR) is 117 cm³/mol. The first kappa shape index (κ1) is 20.1. The van der Waals surface area contributed by atoms with E-state index in [0.717, 1.165) is 42.4 Å². The molecule has 4 heterocycles. The summed E-state index contributed by atoms with van der Waals surface area (Å²) in [5.41, 5.74) is 1.62. The summed E-state index contributed by atoms with van der Waals surface area (Å²) in [6.07, 6.45) is 5.16. The first-order valence-corrected chi connectivity index (χ1v) is 13.3. The van der Waals surface area contributed by atoms with Crippen molar-refractivity contribution in [3.8, 4) is 5.75 Å². The van der Waals surface area contributed by atoms with Gasteiger partial charge in [-0.25, -0.2) is 0 Å². The Bertz CT molecular complexity index is 997. The van der Waals surface area contributed by atoms with Crippen molar-refractivity contribution in [3.05, 3.63) is 48.7 Å². The highest BCUT2D eigenvalue weighted by Crippen LogP contribution is 2.44. The normalized spacial score (nSPS) is 28.2. The van der Waals surface area contributed by atoms with Crippen molar-refractivity contribution in [2.45, 2.75) is 25.0 Å². The Morgan fingerprint density at radius 2 is 2.21 bits per heavy atom. The van der Waals surface area contributed by atoms with Crippen LogP contribution >= 0.6 is 21.2 Å². The number of rotatable bonds is 6. The molecule has 0 spiro atoms. The highest BCUT2D eigenvalue weighted by atomic mass is 127. The average molecular weight is 514 g/mol. The maximum absolute atomic E-state index is 12.1. The summed E-state index contributed by atoms with van der Waals surface area (Å²) in [5.74, 6) is 1.67. The fourth-order valence-corrected chi connectivity index (χ4v) is 5.81. The van der Waals surface area contributed by atoms with Gasteiger partial charge in [-0.15, -0.1) is 6.58 Å². The summed E-state index contributed by atoms with van der Waals surface area (Å²) in [7, 11) is -2.06. The van der Waals surface area contributed by atoms with Gasteiger partial charge in [0.2, 0.25) is 0 Å². The molecule has 0 N–H and O–H groups in total. The molecule has 5 rings (SSSR count). The van der Waals surface area contributed by atoms with E-state index in [1.165, 1.54) is 21.2 Å². The Hall–Kier alpha value is -1.23. The molecule has 1 unspecified atom stereocenters. The van der Waals surface area contributed by atoms with Crippen LogP contribution in [0.1, 0.15) is 24.5 Å². The minimum absolute atomic E-state index is 0.00343. The van der Waals surface area contributed by atoms with E-state index in [1.807, 2.05) is 30.3 Å². The molecule has 150 valence electrons. The third-order valence-corrected chi connectivity index (χ3v) is 7.07. The Morgan fingerprint density at radius 1 is 1.39 bits per heavy atom. The van der Waals surface area contributed by atoms with E-state index < -0.39 is 13.4 Å². The Labute approximate surface area is 177 Å². The van der Waals surface area contributed by atoms with Gasteiger partial charge in [-0.2, -0.15) is 8.42 Å². The van der Waals surface area contributed by atoms with Crippen molar-refractivity contribution in [1.82, 2.24) is 9.88 Å². The molecule has 0 aliphatic carbocycles. The van der Waals surface area contributed by atoms with E-state index in [4.69, 9.17) is 8.92 Å². The molecule has 3 fully saturated rings. The number of fused-ring (bicyclic) bond motifs is 4. The monoisotopic (exact) mass is 514 g/mol. The molecular weight excluding hydrogens is 491 g/mol. The second-order valence-corrected chi connectivity index (χ2v) is 11.7. The fraction of sp³-hybridized carbons (Fsp3) is 0.450. The van der Waals surface area contributed by atoms with Gasteiger partial charge in [-0.05, 0) is 61.1 Å². The van der Waals surface area contributed by atoms with E-state index >= 15 is 0 Å². The summed E-state index contributed by atoms with van der Waals surface area (Å²) in [6, 6.07) is 7.50. The van der Waals surface area contributed by atoms with Gasteiger partial charge in [0.05, 0.1) is 12.6 Å². The molecule has 5 atom stereocenters. The van der Waals surface area contributed by atoms with Crippen molar-refractivity contribution >= 4 is 39.4 Å². The zero-order valence-corrected chi connectivity index (χ0v) is 18.6. The smallest absolute Gasteiger partial charge is 0.322 e. The van der Waals surface area contributed by atoms with Gasteiger partial charge in [0.25, 0.3) is 0 Å². The van der Waals surface area contributed by atoms with E-state index in [0.29, 0.717) is 17.6 Å². The molecule has 0 amide bonds. The number of piperidine rings is 3. The number of ether oxygens (including phenoxy) is 1. The molecule has 3 aliphatic rings. The molecule has 3 saturated heterocycles. The molecule has 8 heteroatoms. The van der Waals surface area contributed by atoms with Crippen molar-refractivity contribution in [3.63, 3.8) is 0 Å².